The summed E-state index contributed by atoms with van der Waals surface area (Å²) in [6.45, 7) is 2.06. The highest BCUT2D eigenvalue weighted by molar-refractivity contribution is 5.95. The average Bonchev–Trinajstić information content (AvgIpc) is 2.65. The number of carbonyl (C=O) groups excluding carboxylic acids is 1. The molecule has 0 saturated carbocycles. The second-order valence-corrected chi connectivity index (χ2v) is 6.09. The Morgan fingerprint density at radius 1 is 1.31 bits per heavy atom. The lowest BCUT2D eigenvalue weighted by atomic mass is 10.0. The summed E-state index contributed by atoms with van der Waals surface area (Å²) in [6.07, 6.45) is 1.75. The van der Waals surface area contributed by atoms with Crippen LogP contribution in [0.5, 0.6) is 11.5 Å². The van der Waals surface area contributed by atoms with Gasteiger partial charge < -0.3 is 14.4 Å². The number of fused-ring (bicyclic) bond motifs is 1. The predicted octanol–water partition coefficient (Wildman–Crippen LogP) is 3.27. The fourth-order valence-corrected chi connectivity index (χ4v) is 3.13. The van der Waals surface area contributed by atoms with Gasteiger partial charge in [-0.05, 0) is 49.6 Å². The number of amides is 1. The van der Waals surface area contributed by atoms with Gasteiger partial charge in [0.1, 0.15) is 11.5 Å². The van der Waals surface area contributed by atoms with Gasteiger partial charge in [-0.25, -0.2) is 0 Å². The number of benzene rings is 2. The van der Waals surface area contributed by atoms with Gasteiger partial charge in [-0.1, -0.05) is 6.07 Å². The van der Waals surface area contributed by atoms with Crippen molar-refractivity contribution >= 4 is 17.3 Å². The van der Waals surface area contributed by atoms with Crippen LogP contribution in [-0.4, -0.2) is 31.1 Å². The van der Waals surface area contributed by atoms with E-state index in [0.29, 0.717) is 17.9 Å². The fraction of sp³-hybridized carbons (Fsp3) is 0.316. The molecule has 0 fully saturated rings. The number of aryl methyl sites for hydroxylation is 1. The van der Waals surface area contributed by atoms with Crippen molar-refractivity contribution in [2.75, 3.05) is 25.2 Å². The molecule has 0 aromatic heterocycles. The molecule has 0 aliphatic carbocycles. The Morgan fingerprint density at radius 2 is 2.12 bits per heavy atom. The smallest absolute Gasteiger partial charge is 0.276 e. The Kier molecular flexibility index (Phi) is 5.06. The summed E-state index contributed by atoms with van der Waals surface area (Å²) in [5.41, 5.74) is 2.32. The molecule has 136 valence electrons. The molecule has 7 nitrogen and oxygen atoms in total. The summed E-state index contributed by atoms with van der Waals surface area (Å²) in [4.78, 5) is 24.9. The second-order valence-electron chi connectivity index (χ2n) is 6.09. The summed E-state index contributed by atoms with van der Waals surface area (Å²) >= 11 is 0. The first kappa shape index (κ1) is 17.7. The number of ether oxygens (including phenoxy) is 2. The van der Waals surface area contributed by atoms with Crippen molar-refractivity contribution in [3.63, 3.8) is 0 Å². The van der Waals surface area contributed by atoms with E-state index >= 15 is 0 Å². The predicted molar refractivity (Wildman–Crippen MR) is 97.0 cm³/mol. The van der Waals surface area contributed by atoms with Gasteiger partial charge in [0, 0.05) is 18.3 Å². The summed E-state index contributed by atoms with van der Waals surface area (Å²) in [6, 6.07) is 10.2. The standard InChI is InChI=1S/C19H20N2O5/c1-13-16(21(23)24)6-3-7-18(13)26-12-19(22)20-10-4-5-14-11-15(25-2)8-9-17(14)20/h3,6-9,11H,4-5,10,12H2,1-2H3. The zero-order valence-electron chi connectivity index (χ0n) is 14.7. The van der Waals surface area contributed by atoms with Crippen LogP contribution in [0.15, 0.2) is 36.4 Å². The highest BCUT2D eigenvalue weighted by Gasteiger charge is 2.24. The molecule has 2 aromatic carbocycles. The molecule has 1 aliphatic heterocycles. The van der Waals surface area contributed by atoms with Crippen LogP contribution >= 0.6 is 0 Å². The first-order valence-electron chi connectivity index (χ1n) is 8.35. The number of nitro groups is 1. The van der Waals surface area contributed by atoms with Crippen molar-refractivity contribution < 1.29 is 19.2 Å². The number of carbonyl (C=O) groups is 1. The molecule has 2 aromatic rings. The van der Waals surface area contributed by atoms with E-state index in [1.165, 1.54) is 6.07 Å². The molecule has 0 saturated heterocycles. The molecule has 0 unspecified atom stereocenters. The maximum atomic E-state index is 12.7. The van der Waals surface area contributed by atoms with Crippen molar-refractivity contribution in [2.24, 2.45) is 0 Å². The van der Waals surface area contributed by atoms with Gasteiger partial charge in [0.25, 0.3) is 11.6 Å². The number of hydrogen-bond acceptors (Lipinski definition) is 5. The Labute approximate surface area is 151 Å². The third-order valence-corrected chi connectivity index (χ3v) is 4.51. The molecule has 1 amide bonds. The largest absolute Gasteiger partial charge is 0.497 e. The molecule has 7 heteroatoms. The van der Waals surface area contributed by atoms with E-state index in [2.05, 4.69) is 0 Å². The highest BCUT2D eigenvalue weighted by atomic mass is 16.6. The minimum absolute atomic E-state index is 0.0228. The van der Waals surface area contributed by atoms with Crippen LogP contribution in [0.2, 0.25) is 0 Å². The Bertz CT molecular complexity index is 850. The van der Waals surface area contributed by atoms with E-state index in [9.17, 15) is 14.9 Å². The third kappa shape index (κ3) is 3.46. The molecule has 0 atom stereocenters. The van der Waals surface area contributed by atoms with E-state index in [1.807, 2.05) is 18.2 Å². The van der Waals surface area contributed by atoms with E-state index in [1.54, 1.807) is 31.1 Å². The first-order chi connectivity index (χ1) is 12.5. The number of nitrogens with zero attached hydrogens (tertiary/aromatic N) is 2. The zero-order valence-corrected chi connectivity index (χ0v) is 14.7. The molecule has 3 rings (SSSR count). The second kappa shape index (κ2) is 7.43. The number of methoxy groups -OCH3 is 1. The van der Waals surface area contributed by atoms with Crippen molar-refractivity contribution in [3.05, 3.63) is 57.6 Å². The number of nitro benzene ring substituents is 1. The minimum atomic E-state index is -0.460. The highest BCUT2D eigenvalue weighted by Crippen LogP contribution is 2.31. The van der Waals surface area contributed by atoms with Crippen LogP contribution in [-0.2, 0) is 11.2 Å². The lowest BCUT2D eigenvalue weighted by molar-refractivity contribution is -0.385. The van der Waals surface area contributed by atoms with E-state index in [4.69, 9.17) is 9.47 Å². The maximum absolute atomic E-state index is 12.7. The van der Waals surface area contributed by atoms with E-state index < -0.39 is 4.92 Å². The van der Waals surface area contributed by atoms with Gasteiger partial charge in [-0.2, -0.15) is 0 Å². The van der Waals surface area contributed by atoms with E-state index in [0.717, 1.165) is 29.8 Å². The van der Waals surface area contributed by atoms with Crippen LogP contribution in [0.3, 0.4) is 0 Å². The Balaban J connectivity index is 1.74. The molecule has 0 radical (unpaired) electrons. The van der Waals surface area contributed by atoms with Crippen LogP contribution < -0.4 is 14.4 Å². The lowest BCUT2D eigenvalue weighted by Crippen LogP contribution is -2.38. The van der Waals surface area contributed by atoms with Crippen molar-refractivity contribution in [1.82, 2.24) is 0 Å². The molecular weight excluding hydrogens is 336 g/mol. The zero-order chi connectivity index (χ0) is 18.7. The quantitative estimate of drug-likeness (QED) is 0.607. The van der Waals surface area contributed by atoms with E-state index in [-0.39, 0.29) is 18.2 Å². The van der Waals surface area contributed by atoms with Crippen LogP contribution in [0, 0.1) is 17.0 Å². The third-order valence-electron chi connectivity index (χ3n) is 4.51. The number of anilines is 1. The SMILES string of the molecule is COc1ccc2c(c1)CCCN2C(=O)COc1cccc([N+](=O)[O-])c1C. The van der Waals surface area contributed by atoms with Gasteiger partial charge in [0.05, 0.1) is 17.6 Å². The monoisotopic (exact) mass is 356 g/mol. The average molecular weight is 356 g/mol. The molecule has 0 spiro atoms. The molecular formula is C19H20N2O5. The fourth-order valence-electron chi connectivity index (χ4n) is 3.13. The minimum Gasteiger partial charge on any atom is -0.497 e. The van der Waals surface area contributed by atoms with Crippen molar-refractivity contribution in [1.29, 1.82) is 0 Å². The van der Waals surface area contributed by atoms with Crippen LogP contribution in [0.1, 0.15) is 17.5 Å². The summed E-state index contributed by atoms with van der Waals surface area (Å²) < 4.78 is 10.8. The lowest BCUT2D eigenvalue weighted by Gasteiger charge is -2.29. The molecule has 1 heterocycles. The topological polar surface area (TPSA) is 81.9 Å². The van der Waals surface area contributed by atoms with Gasteiger partial charge >= 0.3 is 0 Å². The Hall–Kier alpha value is -3.09. The van der Waals surface area contributed by atoms with Crippen LogP contribution in [0.25, 0.3) is 0 Å². The normalized spacial score (nSPS) is 13.1. The molecule has 1 aliphatic rings. The summed E-state index contributed by atoms with van der Waals surface area (Å²) in [5.74, 6) is 0.933. The van der Waals surface area contributed by atoms with Gasteiger partial charge in [0.2, 0.25) is 0 Å². The van der Waals surface area contributed by atoms with Gasteiger partial charge in [0.15, 0.2) is 6.61 Å². The molecule has 26 heavy (non-hydrogen) atoms. The van der Waals surface area contributed by atoms with Gasteiger partial charge in [-0.15, -0.1) is 0 Å². The van der Waals surface area contributed by atoms with Crippen molar-refractivity contribution in [3.8, 4) is 11.5 Å². The summed E-state index contributed by atoms with van der Waals surface area (Å²) in [7, 11) is 1.61. The number of hydrogen-bond donors (Lipinski definition) is 0. The first-order valence-corrected chi connectivity index (χ1v) is 8.35. The van der Waals surface area contributed by atoms with Crippen molar-refractivity contribution in [2.45, 2.75) is 19.8 Å². The molecule has 0 bridgehead atoms. The molecule has 0 N–H and O–H groups in total. The maximum Gasteiger partial charge on any atom is 0.276 e. The Morgan fingerprint density at radius 3 is 2.85 bits per heavy atom. The summed E-state index contributed by atoms with van der Waals surface area (Å²) in [5, 5.41) is 11.0. The van der Waals surface area contributed by atoms with Gasteiger partial charge in [-0.3, -0.25) is 14.9 Å². The number of rotatable bonds is 5. The van der Waals surface area contributed by atoms with Crippen LogP contribution in [0.4, 0.5) is 11.4 Å².